The fourth-order valence-electron chi connectivity index (χ4n) is 3.40. The first-order valence-electron chi connectivity index (χ1n) is 8.30. The molecule has 4 rings (SSSR count). The standard InChI is InChI=1S/C20H18FN3O/c1-12-9-18(15-6-4-7-16(21)20(15)23-12)22-11-13-10-19(25)24-17-8-3-2-5-14(13)17/h2-9,13H,10-11H2,1H3,(H,22,23)(H,24,25). The van der Waals surface area contributed by atoms with Crippen molar-refractivity contribution in [3.63, 3.8) is 0 Å². The van der Waals surface area contributed by atoms with Crippen molar-refractivity contribution in [2.75, 3.05) is 17.2 Å². The van der Waals surface area contributed by atoms with Gasteiger partial charge in [0, 0.05) is 41.3 Å². The molecule has 0 saturated heterocycles. The van der Waals surface area contributed by atoms with Gasteiger partial charge in [0.25, 0.3) is 0 Å². The molecule has 0 fully saturated rings. The van der Waals surface area contributed by atoms with Gasteiger partial charge in [-0.2, -0.15) is 0 Å². The minimum absolute atomic E-state index is 0.0207. The summed E-state index contributed by atoms with van der Waals surface area (Å²) >= 11 is 0. The van der Waals surface area contributed by atoms with E-state index in [9.17, 15) is 9.18 Å². The van der Waals surface area contributed by atoms with E-state index in [1.165, 1.54) is 6.07 Å². The van der Waals surface area contributed by atoms with Gasteiger partial charge in [-0.3, -0.25) is 4.79 Å². The van der Waals surface area contributed by atoms with E-state index in [-0.39, 0.29) is 17.6 Å². The lowest BCUT2D eigenvalue weighted by Crippen LogP contribution is -2.26. The van der Waals surface area contributed by atoms with E-state index >= 15 is 0 Å². The summed E-state index contributed by atoms with van der Waals surface area (Å²) in [5.41, 5.74) is 3.95. The van der Waals surface area contributed by atoms with E-state index in [4.69, 9.17) is 0 Å². The third kappa shape index (κ3) is 2.93. The number of amides is 1. The normalized spacial score (nSPS) is 16.4. The Morgan fingerprint density at radius 1 is 1.24 bits per heavy atom. The second kappa shape index (κ2) is 6.16. The first kappa shape index (κ1) is 15.6. The molecule has 2 heterocycles. The lowest BCUT2D eigenvalue weighted by molar-refractivity contribution is -0.116. The predicted octanol–water partition coefficient (Wildman–Crippen LogP) is 4.22. The molecular weight excluding hydrogens is 317 g/mol. The monoisotopic (exact) mass is 335 g/mol. The van der Waals surface area contributed by atoms with Crippen LogP contribution >= 0.6 is 0 Å². The van der Waals surface area contributed by atoms with Gasteiger partial charge in [-0.15, -0.1) is 0 Å². The largest absolute Gasteiger partial charge is 0.384 e. The summed E-state index contributed by atoms with van der Waals surface area (Å²) in [7, 11) is 0. The van der Waals surface area contributed by atoms with Crippen LogP contribution < -0.4 is 10.6 Å². The van der Waals surface area contributed by atoms with E-state index in [2.05, 4.69) is 15.6 Å². The maximum atomic E-state index is 14.0. The summed E-state index contributed by atoms with van der Waals surface area (Å²) in [5.74, 6) is -0.235. The molecule has 4 nitrogen and oxygen atoms in total. The second-order valence-electron chi connectivity index (χ2n) is 6.36. The fraction of sp³-hybridized carbons (Fsp3) is 0.200. The van der Waals surface area contributed by atoms with Crippen LogP contribution in [0.1, 0.15) is 23.6 Å². The fourth-order valence-corrected chi connectivity index (χ4v) is 3.40. The van der Waals surface area contributed by atoms with Crippen molar-refractivity contribution in [1.29, 1.82) is 0 Å². The highest BCUT2D eigenvalue weighted by atomic mass is 19.1. The van der Waals surface area contributed by atoms with E-state index < -0.39 is 0 Å². The van der Waals surface area contributed by atoms with Crippen LogP contribution in [0.5, 0.6) is 0 Å². The van der Waals surface area contributed by atoms with E-state index in [0.29, 0.717) is 18.5 Å². The highest BCUT2D eigenvalue weighted by Gasteiger charge is 2.24. The highest BCUT2D eigenvalue weighted by Crippen LogP contribution is 2.33. The van der Waals surface area contributed by atoms with Gasteiger partial charge >= 0.3 is 0 Å². The summed E-state index contributed by atoms with van der Waals surface area (Å²) in [6, 6.07) is 14.7. The Kier molecular flexibility index (Phi) is 3.84. The van der Waals surface area contributed by atoms with E-state index in [1.54, 1.807) is 6.07 Å². The number of rotatable bonds is 3. The van der Waals surface area contributed by atoms with Crippen molar-refractivity contribution in [2.24, 2.45) is 0 Å². The number of fused-ring (bicyclic) bond motifs is 2. The number of aryl methyl sites for hydroxylation is 1. The Morgan fingerprint density at radius 2 is 2.08 bits per heavy atom. The van der Waals surface area contributed by atoms with Crippen LogP contribution in [0.15, 0.2) is 48.5 Å². The summed E-state index contributed by atoms with van der Waals surface area (Å²) in [6.07, 6.45) is 0.431. The molecule has 0 spiro atoms. The molecule has 126 valence electrons. The molecule has 1 aromatic heterocycles. The number of benzene rings is 2. The zero-order valence-corrected chi connectivity index (χ0v) is 13.8. The lowest BCUT2D eigenvalue weighted by atomic mass is 9.90. The van der Waals surface area contributed by atoms with Gasteiger partial charge in [0.2, 0.25) is 5.91 Å². The third-order valence-electron chi connectivity index (χ3n) is 4.56. The number of carbonyl (C=O) groups excluding carboxylic acids is 1. The SMILES string of the molecule is Cc1cc(NCC2CC(=O)Nc3ccccc32)c2cccc(F)c2n1. The molecule has 0 saturated carbocycles. The average molecular weight is 335 g/mol. The zero-order chi connectivity index (χ0) is 17.4. The number of carbonyl (C=O) groups is 1. The van der Waals surface area contributed by atoms with Crippen LogP contribution in [0.25, 0.3) is 10.9 Å². The van der Waals surface area contributed by atoms with Crippen molar-refractivity contribution in [3.05, 3.63) is 65.6 Å². The number of anilines is 2. The molecule has 0 bridgehead atoms. The smallest absolute Gasteiger partial charge is 0.225 e. The molecule has 1 atom stereocenters. The van der Waals surface area contributed by atoms with Gasteiger partial charge in [-0.25, -0.2) is 9.37 Å². The van der Waals surface area contributed by atoms with Gasteiger partial charge < -0.3 is 10.6 Å². The molecule has 5 heteroatoms. The van der Waals surface area contributed by atoms with Crippen molar-refractivity contribution < 1.29 is 9.18 Å². The first-order chi connectivity index (χ1) is 12.1. The van der Waals surface area contributed by atoms with Crippen molar-refractivity contribution in [2.45, 2.75) is 19.3 Å². The average Bonchev–Trinajstić information content (AvgIpc) is 2.60. The number of pyridine rings is 1. The molecule has 1 aliphatic rings. The Labute approximate surface area is 145 Å². The number of nitrogens with zero attached hydrogens (tertiary/aromatic N) is 1. The number of aromatic nitrogens is 1. The number of hydrogen-bond acceptors (Lipinski definition) is 3. The highest BCUT2D eigenvalue weighted by molar-refractivity contribution is 5.95. The Hall–Kier alpha value is -2.95. The molecule has 25 heavy (non-hydrogen) atoms. The quantitative estimate of drug-likeness (QED) is 0.753. The molecule has 1 aliphatic heterocycles. The van der Waals surface area contributed by atoms with Crippen LogP contribution in [-0.2, 0) is 4.79 Å². The van der Waals surface area contributed by atoms with Gasteiger partial charge in [0.05, 0.1) is 0 Å². The lowest BCUT2D eigenvalue weighted by Gasteiger charge is -2.26. The minimum Gasteiger partial charge on any atom is -0.384 e. The summed E-state index contributed by atoms with van der Waals surface area (Å²) in [5, 5.41) is 7.06. The van der Waals surface area contributed by atoms with E-state index in [0.717, 1.165) is 28.0 Å². The summed E-state index contributed by atoms with van der Waals surface area (Å²) in [4.78, 5) is 16.3. The number of nitrogens with one attached hydrogen (secondary N) is 2. The minimum atomic E-state index is -0.327. The Balaban J connectivity index is 1.65. The van der Waals surface area contributed by atoms with Gasteiger partial charge in [-0.1, -0.05) is 30.3 Å². The van der Waals surface area contributed by atoms with E-state index in [1.807, 2.05) is 43.3 Å². The summed E-state index contributed by atoms with van der Waals surface area (Å²) < 4.78 is 14.0. The van der Waals surface area contributed by atoms with Crippen LogP contribution in [0.4, 0.5) is 15.8 Å². The molecule has 2 N–H and O–H groups in total. The second-order valence-corrected chi connectivity index (χ2v) is 6.36. The maximum absolute atomic E-state index is 14.0. The number of halogens is 1. The topological polar surface area (TPSA) is 54.0 Å². The molecule has 1 unspecified atom stereocenters. The summed E-state index contributed by atoms with van der Waals surface area (Å²) in [6.45, 7) is 2.44. The maximum Gasteiger partial charge on any atom is 0.225 e. The van der Waals surface area contributed by atoms with Crippen molar-refractivity contribution in [1.82, 2.24) is 4.98 Å². The van der Waals surface area contributed by atoms with Crippen LogP contribution in [-0.4, -0.2) is 17.4 Å². The number of para-hydroxylation sites is 2. The van der Waals surface area contributed by atoms with Crippen molar-refractivity contribution >= 4 is 28.2 Å². The molecule has 0 aliphatic carbocycles. The molecular formula is C20H18FN3O. The predicted molar refractivity (Wildman–Crippen MR) is 97.4 cm³/mol. The Morgan fingerprint density at radius 3 is 2.96 bits per heavy atom. The van der Waals surface area contributed by atoms with Gasteiger partial charge in [0.1, 0.15) is 11.3 Å². The van der Waals surface area contributed by atoms with Crippen LogP contribution in [0.3, 0.4) is 0 Å². The first-order valence-corrected chi connectivity index (χ1v) is 8.30. The van der Waals surface area contributed by atoms with Crippen LogP contribution in [0, 0.1) is 12.7 Å². The zero-order valence-electron chi connectivity index (χ0n) is 13.8. The van der Waals surface area contributed by atoms with Gasteiger partial charge in [-0.05, 0) is 30.7 Å². The Bertz CT molecular complexity index is 970. The third-order valence-corrected chi connectivity index (χ3v) is 4.56. The molecule has 0 radical (unpaired) electrons. The molecule has 3 aromatic rings. The van der Waals surface area contributed by atoms with Crippen molar-refractivity contribution in [3.8, 4) is 0 Å². The van der Waals surface area contributed by atoms with Crippen LogP contribution in [0.2, 0.25) is 0 Å². The molecule has 2 aromatic carbocycles. The van der Waals surface area contributed by atoms with Gasteiger partial charge in [0.15, 0.2) is 0 Å². The number of hydrogen-bond donors (Lipinski definition) is 2. The molecule has 1 amide bonds.